The maximum atomic E-state index is 13.1. The average molecular weight is 481 g/mol. The van der Waals surface area contributed by atoms with E-state index in [1.165, 1.54) is 17.7 Å². The number of para-hydroxylation sites is 1. The molecule has 0 unspecified atom stereocenters. The van der Waals surface area contributed by atoms with Crippen LogP contribution >= 0.6 is 0 Å². The van der Waals surface area contributed by atoms with Crippen molar-refractivity contribution < 1.29 is 18.8 Å². The Labute approximate surface area is 204 Å². The molecule has 5 aromatic rings. The van der Waals surface area contributed by atoms with Crippen LogP contribution in [0, 0.1) is 0 Å². The number of rotatable bonds is 6. The molecule has 36 heavy (non-hydrogen) atoms. The molecule has 1 N–H and O–H groups in total. The summed E-state index contributed by atoms with van der Waals surface area (Å²) in [7, 11) is 1.30. The molecule has 5 rings (SSSR count). The van der Waals surface area contributed by atoms with E-state index in [1.54, 1.807) is 60.9 Å². The molecule has 10 heteroatoms. The summed E-state index contributed by atoms with van der Waals surface area (Å²) in [6, 6.07) is 18.3. The summed E-state index contributed by atoms with van der Waals surface area (Å²) in [5, 5.41) is 7.44. The molecule has 2 aromatic carbocycles. The minimum absolute atomic E-state index is 0.192. The lowest BCUT2D eigenvalue weighted by molar-refractivity contribution is -0.116. The number of amides is 1. The summed E-state index contributed by atoms with van der Waals surface area (Å²) >= 11 is 0. The van der Waals surface area contributed by atoms with E-state index in [0.717, 1.165) is 5.56 Å². The number of hydrogen-bond acceptors (Lipinski definition) is 8. The Hall–Kier alpha value is -5.12. The fourth-order valence-electron chi connectivity index (χ4n) is 3.78. The number of benzene rings is 2. The van der Waals surface area contributed by atoms with Crippen LogP contribution in [0.4, 0.5) is 5.69 Å². The SMILES string of the molecule is COC(=O)c1ccc(NC(=O)Cn2c(=O)cc(-c3nc(-c4ccncc4)no3)c3ccccc32)cc1. The van der Waals surface area contributed by atoms with Gasteiger partial charge in [0.15, 0.2) is 0 Å². The summed E-state index contributed by atoms with van der Waals surface area (Å²) in [5.74, 6) is -0.311. The first kappa shape index (κ1) is 22.7. The largest absolute Gasteiger partial charge is 0.465 e. The van der Waals surface area contributed by atoms with Crippen LogP contribution in [0.15, 0.2) is 88.4 Å². The van der Waals surface area contributed by atoms with Crippen LogP contribution in [0.25, 0.3) is 33.7 Å². The number of nitrogens with one attached hydrogen (secondary N) is 1. The molecule has 1 amide bonds. The zero-order chi connectivity index (χ0) is 25.1. The van der Waals surface area contributed by atoms with Gasteiger partial charge in [0.25, 0.3) is 11.4 Å². The van der Waals surface area contributed by atoms with Gasteiger partial charge in [0.1, 0.15) is 6.54 Å². The van der Waals surface area contributed by atoms with Gasteiger partial charge in [-0.3, -0.25) is 19.1 Å². The predicted molar refractivity (Wildman–Crippen MR) is 131 cm³/mol. The molecule has 0 aliphatic rings. The molecule has 3 heterocycles. The summed E-state index contributed by atoms with van der Waals surface area (Å²) < 4.78 is 11.5. The van der Waals surface area contributed by atoms with Gasteiger partial charge in [-0.1, -0.05) is 23.4 Å². The van der Waals surface area contributed by atoms with Gasteiger partial charge in [-0.15, -0.1) is 0 Å². The van der Waals surface area contributed by atoms with E-state index in [0.29, 0.717) is 33.5 Å². The van der Waals surface area contributed by atoms with E-state index < -0.39 is 17.4 Å². The van der Waals surface area contributed by atoms with Gasteiger partial charge in [0, 0.05) is 35.1 Å². The molecule has 0 atom stereocenters. The lowest BCUT2D eigenvalue weighted by Gasteiger charge is -2.12. The Morgan fingerprint density at radius 2 is 1.78 bits per heavy atom. The van der Waals surface area contributed by atoms with E-state index >= 15 is 0 Å². The normalized spacial score (nSPS) is 10.8. The number of esters is 1. The van der Waals surface area contributed by atoms with Gasteiger partial charge in [0.2, 0.25) is 11.7 Å². The molecule has 178 valence electrons. The fraction of sp³-hybridized carbons (Fsp3) is 0.0769. The van der Waals surface area contributed by atoms with Gasteiger partial charge in [-0.25, -0.2) is 4.79 Å². The maximum Gasteiger partial charge on any atom is 0.337 e. The zero-order valence-corrected chi connectivity index (χ0v) is 19.0. The first-order valence-electron chi connectivity index (χ1n) is 10.9. The Kier molecular flexibility index (Phi) is 6.06. The van der Waals surface area contributed by atoms with Gasteiger partial charge in [-0.05, 0) is 42.5 Å². The number of carbonyl (C=O) groups excluding carboxylic acids is 2. The number of methoxy groups -OCH3 is 1. The van der Waals surface area contributed by atoms with Gasteiger partial charge in [0.05, 0.1) is 23.8 Å². The second-order valence-corrected chi connectivity index (χ2v) is 7.78. The van der Waals surface area contributed by atoms with Gasteiger partial charge >= 0.3 is 5.97 Å². The minimum Gasteiger partial charge on any atom is -0.465 e. The standard InChI is InChI=1S/C26H19N5O5/c1-35-26(34)17-6-8-18(9-7-17)28-22(32)15-31-21-5-3-2-4-19(21)20(14-23(31)33)25-29-24(30-36-25)16-10-12-27-13-11-16/h2-14H,15H2,1H3,(H,28,32). The Morgan fingerprint density at radius 3 is 2.53 bits per heavy atom. The average Bonchev–Trinajstić information content (AvgIpc) is 3.41. The van der Waals surface area contributed by atoms with Crippen LogP contribution in [0.5, 0.6) is 0 Å². The minimum atomic E-state index is -0.472. The smallest absolute Gasteiger partial charge is 0.337 e. The Bertz CT molecular complexity index is 1620. The van der Waals surface area contributed by atoms with Crippen molar-refractivity contribution in [2.24, 2.45) is 0 Å². The van der Waals surface area contributed by atoms with Crippen LogP contribution in [0.2, 0.25) is 0 Å². The number of hydrogen-bond donors (Lipinski definition) is 1. The lowest BCUT2D eigenvalue weighted by atomic mass is 10.1. The molecule has 0 spiro atoms. The topological polar surface area (TPSA) is 129 Å². The van der Waals surface area contributed by atoms with E-state index in [9.17, 15) is 14.4 Å². The number of ether oxygens (including phenoxy) is 1. The molecule has 0 radical (unpaired) electrons. The van der Waals surface area contributed by atoms with E-state index in [1.807, 2.05) is 12.1 Å². The highest BCUT2D eigenvalue weighted by atomic mass is 16.5. The molecular weight excluding hydrogens is 462 g/mol. The summed E-state index contributed by atoms with van der Waals surface area (Å²) in [4.78, 5) is 45.9. The van der Waals surface area contributed by atoms with Crippen molar-refractivity contribution in [3.05, 3.63) is 95.0 Å². The summed E-state index contributed by atoms with van der Waals surface area (Å²) in [6.45, 7) is -0.218. The van der Waals surface area contributed by atoms with Crippen LogP contribution in [-0.2, 0) is 16.1 Å². The summed E-state index contributed by atoms with van der Waals surface area (Å²) in [6.07, 6.45) is 3.25. The van der Waals surface area contributed by atoms with Gasteiger partial charge < -0.3 is 14.6 Å². The van der Waals surface area contributed by atoms with Crippen LogP contribution in [-0.4, -0.2) is 38.7 Å². The van der Waals surface area contributed by atoms with E-state index in [2.05, 4.69) is 25.2 Å². The van der Waals surface area contributed by atoms with E-state index in [4.69, 9.17) is 4.52 Å². The molecule has 0 fully saturated rings. The highest BCUT2D eigenvalue weighted by molar-refractivity contribution is 5.96. The maximum absolute atomic E-state index is 13.1. The van der Waals surface area contributed by atoms with Crippen molar-refractivity contribution in [2.45, 2.75) is 6.54 Å². The molecular formula is C26H19N5O5. The molecule has 0 saturated carbocycles. The number of fused-ring (bicyclic) bond motifs is 1. The number of aromatic nitrogens is 4. The molecule has 0 saturated heterocycles. The molecule has 3 aromatic heterocycles. The molecule has 0 aliphatic carbocycles. The zero-order valence-electron chi connectivity index (χ0n) is 19.0. The number of nitrogens with zero attached hydrogens (tertiary/aromatic N) is 4. The van der Waals surface area contributed by atoms with Crippen molar-refractivity contribution in [2.75, 3.05) is 12.4 Å². The number of pyridine rings is 2. The second-order valence-electron chi connectivity index (χ2n) is 7.78. The van der Waals surface area contributed by atoms with Crippen LogP contribution in [0.3, 0.4) is 0 Å². The van der Waals surface area contributed by atoms with Crippen LogP contribution in [0.1, 0.15) is 10.4 Å². The third-order valence-electron chi connectivity index (χ3n) is 5.51. The van der Waals surface area contributed by atoms with Crippen LogP contribution < -0.4 is 10.9 Å². The third kappa shape index (κ3) is 4.47. The van der Waals surface area contributed by atoms with Gasteiger partial charge in [-0.2, -0.15) is 4.98 Å². The third-order valence-corrected chi connectivity index (χ3v) is 5.51. The van der Waals surface area contributed by atoms with Crippen molar-refractivity contribution in [3.8, 4) is 22.8 Å². The second kappa shape index (κ2) is 9.63. The number of carbonyl (C=O) groups is 2. The molecule has 10 nitrogen and oxygen atoms in total. The highest BCUT2D eigenvalue weighted by Crippen LogP contribution is 2.28. The number of anilines is 1. The first-order chi connectivity index (χ1) is 17.5. The Balaban J connectivity index is 1.44. The fourth-order valence-corrected chi connectivity index (χ4v) is 3.78. The van der Waals surface area contributed by atoms with E-state index in [-0.39, 0.29) is 12.4 Å². The summed E-state index contributed by atoms with van der Waals surface area (Å²) in [5.41, 5.74) is 2.19. The predicted octanol–water partition coefficient (Wildman–Crippen LogP) is 3.54. The highest BCUT2D eigenvalue weighted by Gasteiger charge is 2.18. The first-order valence-corrected chi connectivity index (χ1v) is 10.9. The van der Waals surface area contributed by atoms with Crippen molar-refractivity contribution in [1.82, 2.24) is 19.7 Å². The lowest BCUT2D eigenvalue weighted by Crippen LogP contribution is -2.27. The molecule has 0 bridgehead atoms. The van der Waals surface area contributed by atoms with Crippen molar-refractivity contribution >= 4 is 28.5 Å². The van der Waals surface area contributed by atoms with Crippen molar-refractivity contribution in [1.29, 1.82) is 0 Å². The quantitative estimate of drug-likeness (QED) is 0.365. The van der Waals surface area contributed by atoms with Crippen molar-refractivity contribution in [3.63, 3.8) is 0 Å². The molecule has 0 aliphatic heterocycles. The monoisotopic (exact) mass is 481 g/mol. The Morgan fingerprint density at radius 1 is 1.03 bits per heavy atom.